The zero-order valence-corrected chi connectivity index (χ0v) is 11.6. The molecule has 2 aliphatic heterocycles. The van der Waals surface area contributed by atoms with E-state index in [0.717, 1.165) is 11.3 Å². The summed E-state index contributed by atoms with van der Waals surface area (Å²) in [5, 5.41) is 7.99. The van der Waals surface area contributed by atoms with Crippen molar-refractivity contribution in [2.24, 2.45) is 0 Å². The van der Waals surface area contributed by atoms with Gasteiger partial charge in [-0.25, -0.2) is 4.79 Å². The fourth-order valence-electron chi connectivity index (χ4n) is 2.34. The summed E-state index contributed by atoms with van der Waals surface area (Å²) in [7, 11) is 0. The lowest BCUT2D eigenvalue weighted by molar-refractivity contribution is -0.123. The summed E-state index contributed by atoms with van der Waals surface area (Å²) in [6.07, 6.45) is 0. The zero-order chi connectivity index (χ0) is 14.8. The minimum absolute atomic E-state index is 0.189. The average molecular weight is 291 g/mol. The fourth-order valence-corrected chi connectivity index (χ4v) is 2.34. The molecule has 21 heavy (non-hydrogen) atoms. The van der Waals surface area contributed by atoms with Gasteiger partial charge in [-0.3, -0.25) is 4.79 Å². The standard InChI is InChI=1S/C14H17N3O4/c1-8(16-13(18)10-7-15-14(19)17-10)9-2-3-11-12(6-9)21-5-4-20-11/h2-3,6,8,10H,4-5,7H2,1H3,(H,16,18)(H2,15,17,19)/t8-,10-/m0/s1. The fraction of sp³-hybridized carbons (Fsp3) is 0.429. The first-order chi connectivity index (χ1) is 10.1. The van der Waals surface area contributed by atoms with Crippen molar-refractivity contribution < 1.29 is 19.1 Å². The summed E-state index contributed by atoms with van der Waals surface area (Å²) in [5.74, 6) is 1.20. The second kappa shape index (κ2) is 5.51. The van der Waals surface area contributed by atoms with E-state index < -0.39 is 6.04 Å². The molecule has 2 atom stereocenters. The number of carbonyl (C=O) groups excluding carboxylic acids is 2. The molecule has 0 radical (unpaired) electrons. The number of urea groups is 1. The van der Waals surface area contributed by atoms with E-state index in [-0.39, 0.29) is 18.0 Å². The molecular formula is C14H17N3O4. The Kier molecular flexibility index (Phi) is 3.55. The number of ether oxygens (including phenoxy) is 2. The summed E-state index contributed by atoms with van der Waals surface area (Å²) in [6.45, 7) is 3.26. The van der Waals surface area contributed by atoms with E-state index in [2.05, 4.69) is 16.0 Å². The first kappa shape index (κ1) is 13.5. The molecule has 3 N–H and O–H groups in total. The van der Waals surface area contributed by atoms with Crippen LogP contribution in [0.25, 0.3) is 0 Å². The Morgan fingerprint density at radius 1 is 1.33 bits per heavy atom. The van der Waals surface area contributed by atoms with E-state index in [9.17, 15) is 9.59 Å². The van der Waals surface area contributed by atoms with Gasteiger partial charge in [-0.2, -0.15) is 0 Å². The molecule has 7 heteroatoms. The number of hydrogen-bond acceptors (Lipinski definition) is 4. The van der Waals surface area contributed by atoms with Crippen LogP contribution in [0.5, 0.6) is 11.5 Å². The first-order valence-electron chi connectivity index (χ1n) is 6.88. The molecule has 1 saturated heterocycles. The second-order valence-electron chi connectivity index (χ2n) is 5.04. The Bertz CT molecular complexity index is 575. The van der Waals surface area contributed by atoms with E-state index in [1.165, 1.54) is 0 Å². The van der Waals surface area contributed by atoms with Gasteiger partial charge in [-0.15, -0.1) is 0 Å². The van der Waals surface area contributed by atoms with Crippen molar-refractivity contribution in [2.45, 2.75) is 19.0 Å². The molecule has 7 nitrogen and oxygen atoms in total. The van der Waals surface area contributed by atoms with E-state index in [4.69, 9.17) is 9.47 Å². The summed E-state index contributed by atoms with van der Waals surface area (Å²) in [4.78, 5) is 23.1. The van der Waals surface area contributed by atoms with Crippen molar-refractivity contribution in [3.8, 4) is 11.5 Å². The maximum Gasteiger partial charge on any atom is 0.315 e. The molecule has 1 aromatic rings. The van der Waals surface area contributed by atoms with Crippen molar-refractivity contribution in [3.05, 3.63) is 23.8 Å². The Morgan fingerprint density at radius 2 is 2.10 bits per heavy atom. The van der Waals surface area contributed by atoms with Crippen molar-refractivity contribution in [1.29, 1.82) is 0 Å². The van der Waals surface area contributed by atoms with Gasteiger partial charge in [0.15, 0.2) is 11.5 Å². The Balaban J connectivity index is 1.66. The monoisotopic (exact) mass is 291 g/mol. The van der Waals surface area contributed by atoms with Crippen molar-refractivity contribution in [3.63, 3.8) is 0 Å². The van der Waals surface area contributed by atoms with Crippen LogP contribution < -0.4 is 25.4 Å². The summed E-state index contributed by atoms with van der Waals surface area (Å²) >= 11 is 0. The lowest BCUT2D eigenvalue weighted by Crippen LogP contribution is -2.43. The van der Waals surface area contributed by atoms with Gasteiger partial charge < -0.3 is 25.4 Å². The summed E-state index contributed by atoms with van der Waals surface area (Å²) in [5.41, 5.74) is 0.921. The number of carbonyl (C=O) groups is 2. The number of fused-ring (bicyclic) bond motifs is 1. The third-order valence-electron chi connectivity index (χ3n) is 3.51. The molecule has 3 rings (SSSR count). The lowest BCUT2D eigenvalue weighted by Gasteiger charge is -2.21. The molecule has 0 unspecified atom stereocenters. The van der Waals surface area contributed by atoms with Crippen LogP contribution in [0.15, 0.2) is 18.2 Å². The van der Waals surface area contributed by atoms with E-state index >= 15 is 0 Å². The molecule has 2 aliphatic rings. The molecule has 3 amide bonds. The van der Waals surface area contributed by atoms with Gasteiger partial charge >= 0.3 is 6.03 Å². The van der Waals surface area contributed by atoms with Gasteiger partial charge in [0.2, 0.25) is 5.91 Å². The molecule has 2 heterocycles. The van der Waals surface area contributed by atoms with Gasteiger partial charge in [0.1, 0.15) is 19.3 Å². The number of rotatable bonds is 3. The average Bonchev–Trinajstić information content (AvgIpc) is 2.93. The Hall–Kier alpha value is -2.44. The normalized spacial score (nSPS) is 21.2. The predicted molar refractivity (Wildman–Crippen MR) is 74.3 cm³/mol. The van der Waals surface area contributed by atoms with Crippen molar-refractivity contribution in [1.82, 2.24) is 16.0 Å². The zero-order valence-electron chi connectivity index (χ0n) is 11.6. The lowest BCUT2D eigenvalue weighted by atomic mass is 10.1. The first-order valence-corrected chi connectivity index (χ1v) is 6.88. The van der Waals surface area contributed by atoms with Gasteiger partial charge in [0.25, 0.3) is 0 Å². The highest BCUT2D eigenvalue weighted by Crippen LogP contribution is 2.32. The van der Waals surface area contributed by atoms with Crippen LogP contribution in [-0.4, -0.2) is 37.7 Å². The number of hydrogen-bond donors (Lipinski definition) is 3. The molecule has 0 bridgehead atoms. The molecule has 112 valence electrons. The Labute approximate surface area is 122 Å². The molecule has 0 aromatic heterocycles. The largest absolute Gasteiger partial charge is 0.486 e. The van der Waals surface area contributed by atoms with E-state index in [1.807, 2.05) is 25.1 Å². The van der Waals surface area contributed by atoms with Crippen LogP contribution in [0.4, 0.5) is 4.79 Å². The second-order valence-corrected chi connectivity index (χ2v) is 5.04. The third-order valence-corrected chi connectivity index (χ3v) is 3.51. The molecule has 0 aliphatic carbocycles. The number of amides is 3. The van der Waals surface area contributed by atoms with Gasteiger partial charge in [0.05, 0.1) is 6.04 Å². The minimum atomic E-state index is -0.530. The van der Waals surface area contributed by atoms with Crippen LogP contribution in [0.1, 0.15) is 18.5 Å². The smallest absolute Gasteiger partial charge is 0.315 e. The van der Waals surface area contributed by atoms with Crippen LogP contribution in [0.2, 0.25) is 0 Å². The van der Waals surface area contributed by atoms with Gasteiger partial charge in [0, 0.05) is 6.54 Å². The number of benzene rings is 1. The quantitative estimate of drug-likeness (QED) is 0.748. The maximum absolute atomic E-state index is 12.0. The summed E-state index contributed by atoms with van der Waals surface area (Å²) < 4.78 is 11.0. The van der Waals surface area contributed by atoms with E-state index in [0.29, 0.717) is 25.5 Å². The topological polar surface area (TPSA) is 88.7 Å². The highest BCUT2D eigenvalue weighted by molar-refractivity contribution is 5.90. The van der Waals surface area contributed by atoms with Crippen LogP contribution in [-0.2, 0) is 4.79 Å². The minimum Gasteiger partial charge on any atom is -0.486 e. The van der Waals surface area contributed by atoms with Crippen LogP contribution >= 0.6 is 0 Å². The van der Waals surface area contributed by atoms with E-state index in [1.54, 1.807) is 0 Å². The third kappa shape index (κ3) is 2.86. The number of nitrogens with one attached hydrogen (secondary N) is 3. The van der Waals surface area contributed by atoms with Crippen molar-refractivity contribution >= 4 is 11.9 Å². The highest BCUT2D eigenvalue weighted by atomic mass is 16.6. The maximum atomic E-state index is 12.0. The van der Waals surface area contributed by atoms with Gasteiger partial charge in [-0.1, -0.05) is 6.07 Å². The molecule has 0 spiro atoms. The van der Waals surface area contributed by atoms with Crippen LogP contribution in [0.3, 0.4) is 0 Å². The Morgan fingerprint density at radius 3 is 2.81 bits per heavy atom. The summed E-state index contributed by atoms with van der Waals surface area (Å²) in [6, 6.07) is 4.56. The predicted octanol–water partition coefficient (Wildman–Crippen LogP) is 0.316. The molecule has 1 fully saturated rings. The van der Waals surface area contributed by atoms with Crippen LogP contribution in [0, 0.1) is 0 Å². The molecule has 1 aromatic carbocycles. The molecular weight excluding hydrogens is 274 g/mol. The SMILES string of the molecule is C[C@H](NC(=O)[C@@H]1CNC(=O)N1)c1ccc2c(c1)OCCO2. The molecule has 0 saturated carbocycles. The van der Waals surface area contributed by atoms with Crippen molar-refractivity contribution in [2.75, 3.05) is 19.8 Å². The van der Waals surface area contributed by atoms with Gasteiger partial charge in [-0.05, 0) is 24.6 Å². The highest BCUT2D eigenvalue weighted by Gasteiger charge is 2.27.